The number of para-hydroxylation sites is 1. The van der Waals surface area contributed by atoms with Gasteiger partial charge in [-0.1, -0.05) is 63.1 Å². The number of aryl methyl sites for hydroxylation is 1. The van der Waals surface area contributed by atoms with E-state index in [0.29, 0.717) is 32.2 Å². The summed E-state index contributed by atoms with van der Waals surface area (Å²) >= 11 is 0. The van der Waals surface area contributed by atoms with Gasteiger partial charge in [0.15, 0.2) is 0 Å². The molecular formula is C37H49N3O4. The van der Waals surface area contributed by atoms with Crippen molar-refractivity contribution < 1.29 is 19.4 Å². The number of carboxylic acid groups (broad SMARTS) is 1. The van der Waals surface area contributed by atoms with Crippen molar-refractivity contribution in [2.24, 2.45) is 5.92 Å². The lowest BCUT2D eigenvalue weighted by atomic mass is 10.0. The number of ether oxygens (including phenoxy) is 2. The Morgan fingerprint density at radius 1 is 1.00 bits per heavy atom. The highest BCUT2D eigenvalue weighted by Crippen LogP contribution is 2.36. The van der Waals surface area contributed by atoms with Gasteiger partial charge in [-0.25, -0.2) is 4.98 Å². The number of hydrogen-bond acceptors (Lipinski definition) is 6. The molecule has 1 saturated heterocycles. The van der Waals surface area contributed by atoms with Crippen molar-refractivity contribution in [1.29, 1.82) is 0 Å². The summed E-state index contributed by atoms with van der Waals surface area (Å²) in [7, 11) is 1.62. The number of pyridine rings is 1. The van der Waals surface area contributed by atoms with Crippen LogP contribution in [0.25, 0.3) is 11.3 Å². The first-order valence-electron chi connectivity index (χ1n) is 16.5. The Morgan fingerprint density at radius 3 is 2.48 bits per heavy atom. The van der Waals surface area contributed by atoms with Crippen LogP contribution in [0.3, 0.4) is 0 Å². The molecule has 0 radical (unpaired) electrons. The largest absolute Gasteiger partial charge is 0.488 e. The average Bonchev–Trinajstić information content (AvgIpc) is 3.33. The topological polar surface area (TPSA) is 75.1 Å². The van der Waals surface area contributed by atoms with E-state index < -0.39 is 11.9 Å². The van der Waals surface area contributed by atoms with Gasteiger partial charge in [0, 0.05) is 38.3 Å². The summed E-state index contributed by atoms with van der Waals surface area (Å²) in [5.41, 5.74) is 6.92. The number of benzene rings is 2. The second-order valence-electron chi connectivity index (χ2n) is 12.4. The van der Waals surface area contributed by atoms with Crippen molar-refractivity contribution in [3.63, 3.8) is 0 Å². The van der Waals surface area contributed by atoms with E-state index in [1.165, 1.54) is 42.4 Å². The van der Waals surface area contributed by atoms with E-state index in [-0.39, 0.29) is 6.04 Å². The van der Waals surface area contributed by atoms with Crippen molar-refractivity contribution in [3.05, 3.63) is 76.9 Å². The first-order valence-corrected chi connectivity index (χ1v) is 16.5. The van der Waals surface area contributed by atoms with Crippen molar-refractivity contribution in [2.75, 3.05) is 38.3 Å². The van der Waals surface area contributed by atoms with Gasteiger partial charge >= 0.3 is 5.97 Å². The number of aromatic nitrogens is 1. The zero-order valence-corrected chi connectivity index (χ0v) is 26.9. The molecule has 5 rings (SSSR count). The molecule has 2 aliphatic heterocycles. The number of methoxy groups -OCH3 is 1. The lowest BCUT2D eigenvalue weighted by molar-refractivity contribution is -0.142. The molecule has 2 atom stereocenters. The van der Waals surface area contributed by atoms with Crippen molar-refractivity contribution >= 4 is 11.8 Å². The van der Waals surface area contributed by atoms with E-state index in [0.717, 1.165) is 54.3 Å². The number of aliphatic carboxylic acids is 1. The van der Waals surface area contributed by atoms with Crippen molar-refractivity contribution in [2.45, 2.75) is 84.4 Å². The van der Waals surface area contributed by atoms with Crippen LogP contribution >= 0.6 is 0 Å². The smallest absolute Gasteiger partial charge is 0.308 e. The van der Waals surface area contributed by atoms with Gasteiger partial charge in [-0.05, 0) is 79.5 Å². The normalized spacial score (nSPS) is 18.8. The number of carbonyl (C=O) groups is 1. The maximum Gasteiger partial charge on any atom is 0.308 e. The summed E-state index contributed by atoms with van der Waals surface area (Å²) in [6.45, 7) is 10.4. The van der Waals surface area contributed by atoms with Crippen LogP contribution in [0.2, 0.25) is 0 Å². The van der Waals surface area contributed by atoms with Gasteiger partial charge in [-0.3, -0.25) is 9.69 Å². The molecule has 1 unspecified atom stereocenters. The van der Waals surface area contributed by atoms with Crippen LogP contribution in [0.5, 0.6) is 5.75 Å². The Morgan fingerprint density at radius 2 is 1.75 bits per heavy atom. The Labute approximate surface area is 263 Å². The van der Waals surface area contributed by atoms with E-state index in [1.807, 2.05) is 24.3 Å². The predicted octanol–water partition coefficient (Wildman–Crippen LogP) is 6.93. The van der Waals surface area contributed by atoms with E-state index >= 15 is 0 Å². The molecule has 7 heteroatoms. The summed E-state index contributed by atoms with van der Waals surface area (Å²) in [6.07, 6.45) is 7.83. The minimum absolute atomic E-state index is 0.252. The second-order valence-corrected chi connectivity index (χ2v) is 12.4. The maximum atomic E-state index is 11.9. The zero-order chi connectivity index (χ0) is 31.1. The predicted molar refractivity (Wildman–Crippen MR) is 177 cm³/mol. The summed E-state index contributed by atoms with van der Waals surface area (Å²) in [4.78, 5) is 21.7. The molecule has 2 aliphatic rings. The molecule has 0 aliphatic carbocycles. The molecule has 1 fully saturated rings. The third-order valence-corrected chi connectivity index (χ3v) is 9.47. The molecular weight excluding hydrogens is 550 g/mol. The number of fused-ring (bicyclic) bond motifs is 1. The summed E-state index contributed by atoms with van der Waals surface area (Å²) in [5, 5.41) is 9.76. The van der Waals surface area contributed by atoms with Gasteiger partial charge < -0.3 is 19.5 Å². The number of hydrogen-bond donors (Lipinski definition) is 1. The number of carboxylic acids is 1. The second kappa shape index (κ2) is 15.0. The van der Waals surface area contributed by atoms with Gasteiger partial charge in [0.1, 0.15) is 18.2 Å². The Kier molecular flexibility index (Phi) is 10.9. The number of anilines is 1. The highest BCUT2D eigenvalue weighted by atomic mass is 16.5. The standard InChI is InChI=1S/C37H49N3O4/c1-5-9-30(10-6-2)39-20-17-28-16-15-27(23-29(28)18-21-39)24-44-36-26(3)11-7-12-31(36)33-13-8-14-35(38-33)40-22-19-32(37(41)42)34(40)25-43-4/h7-8,11-16,23,30,32,34H,5-6,9-10,17-22,24-25H2,1-4H3,(H,41,42)/t32-,34?/m1/s1. The van der Waals surface area contributed by atoms with Crippen LogP contribution in [0.4, 0.5) is 5.82 Å². The van der Waals surface area contributed by atoms with E-state index in [4.69, 9.17) is 14.5 Å². The van der Waals surface area contributed by atoms with Crippen molar-refractivity contribution in [1.82, 2.24) is 9.88 Å². The molecule has 3 heterocycles. The monoisotopic (exact) mass is 599 g/mol. The molecule has 7 nitrogen and oxygen atoms in total. The van der Waals surface area contributed by atoms with Crippen LogP contribution < -0.4 is 9.64 Å². The fourth-order valence-electron chi connectivity index (χ4n) is 7.16. The summed E-state index contributed by atoms with van der Waals surface area (Å²) in [6, 6.07) is 19.4. The number of nitrogens with zero attached hydrogens (tertiary/aromatic N) is 3. The SMILES string of the molecule is CCCC(CCC)N1CCc2ccc(COc3c(C)cccc3-c3cccc(N4CC[C@@H](C(=O)O)C4COC)n3)cc2CC1. The summed E-state index contributed by atoms with van der Waals surface area (Å²) < 4.78 is 12.0. The highest BCUT2D eigenvalue weighted by molar-refractivity contribution is 5.74. The van der Waals surface area contributed by atoms with Crippen LogP contribution in [0, 0.1) is 12.8 Å². The molecule has 2 aromatic carbocycles. The molecule has 1 aromatic heterocycles. The minimum atomic E-state index is -0.785. The quantitative estimate of drug-likeness (QED) is 0.228. The van der Waals surface area contributed by atoms with E-state index in [9.17, 15) is 9.90 Å². The maximum absolute atomic E-state index is 11.9. The third kappa shape index (κ3) is 7.27. The Balaban J connectivity index is 1.32. The molecule has 1 N–H and O–H groups in total. The van der Waals surface area contributed by atoms with Gasteiger partial charge in [0.05, 0.1) is 24.3 Å². The van der Waals surface area contributed by atoms with Gasteiger partial charge in [0.25, 0.3) is 0 Å². The lowest BCUT2D eigenvalue weighted by Crippen LogP contribution is -2.39. The fraction of sp³-hybridized carbons (Fsp3) is 0.514. The van der Waals surface area contributed by atoms with Gasteiger partial charge in [-0.15, -0.1) is 0 Å². The van der Waals surface area contributed by atoms with Gasteiger partial charge in [0.2, 0.25) is 0 Å². The average molecular weight is 600 g/mol. The first-order chi connectivity index (χ1) is 21.4. The van der Waals surface area contributed by atoms with E-state index in [1.54, 1.807) is 7.11 Å². The Bertz CT molecular complexity index is 1400. The van der Waals surface area contributed by atoms with Crippen LogP contribution in [0.15, 0.2) is 54.6 Å². The highest BCUT2D eigenvalue weighted by Gasteiger charge is 2.39. The molecule has 236 valence electrons. The summed E-state index contributed by atoms with van der Waals surface area (Å²) in [5.74, 6) is 0.336. The lowest BCUT2D eigenvalue weighted by Gasteiger charge is -2.30. The molecule has 0 amide bonds. The number of rotatable bonds is 13. The fourth-order valence-corrected chi connectivity index (χ4v) is 7.16. The van der Waals surface area contributed by atoms with Gasteiger partial charge in [-0.2, -0.15) is 0 Å². The van der Waals surface area contributed by atoms with Crippen molar-refractivity contribution in [3.8, 4) is 17.0 Å². The van der Waals surface area contributed by atoms with Crippen LogP contribution in [0.1, 0.15) is 68.2 Å². The molecule has 44 heavy (non-hydrogen) atoms. The zero-order valence-electron chi connectivity index (χ0n) is 26.9. The minimum Gasteiger partial charge on any atom is -0.488 e. The van der Waals surface area contributed by atoms with Crippen LogP contribution in [-0.2, 0) is 29.0 Å². The molecule has 0 bridgehead atoms. The molecule has 3 aromatic rings. The van der Waals surface area contributed by atoms with Crippen LogP contribution in [-0.4, -0.2) is 66.4 Å². The molecule has 0 saturated carbocycles. The Hall–Kier alpha value is -3.42. The third-order valence-electron chi connectivity index (χ3n) is 9.47. The molecule has 0 spiro atoms. The van der Waals surface area contributed by atoms with E-state index in [2.05, 4.69) is 60.9 Å². The first kappa shape index (κ1) is 32.0.